The van der Waals surface area contributed by atoms with E-state index < -0.39 is 0 Å². The number of anilines is 1. The van der Waals surface area contributed by atoms with Gasteiger partial charge in [-0.1, -0.05) is 18.2 Å². The number of carbonyl (C=O) groups is 1. The number of fused-ring (bicyclic) bond motifs is 1. The molecule has 2 aromatic carbocycles. The maximum atomic E-state index is 12.3. The number of amides is 1. The van der Waals surface area contributed by atoms with Crippen molar-refractivity contribution in [3.63, 3.8) is 0 Å². The number of hydrogen-bond donors (Lipinski definition) is 1. The van der Waals surface area contributed by atoms with Gasteiger partial charge in [-0.3, -0.25) is 4.79 Å². The number of hydrogen-bond acceptors (Lipinski definition) is 3. The summed E-state index contributed by atoms with van der Waals surface area (Å²) in [5.41, 5.74) is 2.39. The largest absolute Gasteiger partial charge is 0.451 e. The van der Waals surface area contributed by atoms with Gasteiger partial charge in [0.15, 0.2) is 5.76 Å². The lowest BCUT2D eigenvalue weighted by Crippen LogP contribution is -2.10. The van der Waals surface area contributed by atoms with Crippen molar-refractivity contribution in [1.82, 2.24) is 9.55 Å². The second-order valence-electron chi connectivity index (χ2n) is 5.12. The predicted octanol–water partition coefficient (Wildman–Crippen LogP) is 3.87. The molecular formula is C18H13N3O2. The molecule has 0 unspecified atom stereocenters. The smallest absolute Gasteiger partial charge is 0.291 e. The number of carbonyl (C=O) groups excluding carboxylic acids is 1. The Hall–Kier alpha value is -3.34. The van der Waals surface area contributed by atoms with Crippen LogP contribution in [0.15, 0.2) is 77.7 Å². The summed E-state index contributed by atoms with van der Waals surface area (Å²) in [6, 6.07) is 16.8. The van der Waals surface area contributed by atoms with Crippen LogP contribution >= 0.6 is 0 Å². The van der Waals surface area contributed by atoms with Crippen LogP contribution in [-0.2, 0) is 0 Å². The van der Waals surface area contributed by atoms with Gasteiger partial charge in [-0.15, -0.1) is 0 Å². The highest BCUT2D eigenvalue weighted by Gasteiger charge is 2.12. The van der Waals surface area contributed by atoms with E-state index in [4.69, 9.17) is 4.42 Å². The van der Waals surface area contributed by atoms with Crippen LogP contribution in [0, 0.1) is 0 Å². The average Bonchev–Trinajstić information content (AvgIpc) is 3.25. The molecule has 0 saturated carbocycles. The second-order valence-corrected chi connectivity index (χ2v) is 5.12. The van der Waals surface area contributed by atoms with Gasteiger partial charge >= 0.3 is 0 Å². The molecular weight excluding hydrogens is 290 g/mol. The summed E-state index contributed by atoms with van der Waals surface area (Å²) < 4.78 is 7.45. The lowest BCUT2D eigenvalue weighted by atomic mass is 10.2. The van der Waals surface area contributed by atoms with E-state index in [1.807, 2.05) is 59.3 Å². The Labute approximate surface area is 132 Å². The van der Waals surface area contributed by atoms with E-state index in [1.54, 1.807) is 18.6 Å². The number of furan rings is 1. The molecule has 0 bridgehead atoms. The van der Waals surface area contributed by atoms with E-state index in [1.165, 1.54) is 0 Å². The van der Waals surface area contributed by atoms with E-state index in [2.05, 4.69) is 10.3 Å². The van der Waals surface area contributed by atoms with E-state index in [9.17, 15) is 4.79 Å². The van der Waals surface area contributed by atoms with Gasteiger partial charge in [0.2, 0.25) is 0 Å². The van der Waals surface area contributed by atoms with Crippen molar-refractivity contribution in [3.05, 3.63) is 79.1 Å². The van der Waals surface area contributed by atoms with E-state index in [-0.39, 0.29) is 5.91 Å². The number of para-hydroxylation sites is 1. The molecule has 1 amide bonds. The number of nitrogens with one attached hydrogen (secondary N) is 1. The van der Waals surface area contributed by atoms with Crippen molar-refractivity contribution in [1.29, 1.82) is 0 Å². The lowest BCUT2D eigenvalue weighted by Gasteiger charge is -2.05. The van der Waals surface area contributed by atoms with Crippen LogP contribution in [0.25, 0.3) is 16.7 Å². The normalized spacial score (nSPS) is 10.8. The Morgan fingerprint density at radius 2 is 1.91 bits per heavy atom. The topological polar surface area (TPSA) is 60.1 Å². The SMILES string of the molecule is O=C(Nc1ccc(-n2ccnc2)cc1)c1cc2ccccc2o1. The van der Waals surface area contributed by atoms with Crippen LogP contribution in [0.2, 0.25) is 0 Å². The molecule has 0 atom stereocenters. The standard InChI is InChI=1S/C18H13N3O2/c22-18(17-11-13-3-1-2-4-16(13)23-17)20-14-5-7-15(8-6-14)21-10-9-19-12-21/h1-12H,(H,20,22). The lowest BCUT2D eigenvalue weighted by molar-refractivity contribution is 0.0998. The molecule has 2 aromatic heterocycles. The maximum absolute atomic E-state index is 12.3. The third-order valence-corrected chi connectivity index (χ3v) is 3.58. The highest BCUT2D eigenvalue weighted by molar-refractivity contribution is 6.04. The van der Waals surface area contributed by atoms with Gasteiger partial charge in [0, 0.05) is 29.2 Å². The minimum absolute atomic E-state index is 0.267. The van der Waals surface area contributed by atoms with Gasteiger partial charge in [-0.25, -0.2) is 4.98 Å². The van der Waals surface area contributed by atoms with Crippen LogP contribution in [0.1, 0.15) is 10.6 Å². The third kappa shape index (κ3) is 2.60. The first-order valence-electron chi connectivity index (χ1n) is 7.18. The van der Waals surface area contributed by atoms with Crippen LogP contribution in [0.3, 0.4) is 0 Å². The molecule has 112 valence electrons. The minimum Gasteiger partial charge on any atom is -0.451 e. The molecule has 5 nitrogen and oxygen atoms in total. The molecule has 5 heteroatoms. The van der Waals surface area contributed by atoms with E-state index in [0.717, 1.165) is 11.1 Å². The Morgan fingerprint density at radius 1 is 1.09 bits per heavy atom. The zero-order valence-corrected chi connectivity index (χ0v) is 12.1. The molecule has 23 heavy (non-hydrogen) atoms. The number of nitrogens with zero attached hydrogens (tertiary/aromatic N) is 2. The quantitative estimate of drug-likeness (QED) is 0.625. The van der Waals surface area contributed by atoms with Crippen LogP contribution in [0.5, 0.6) is 0 Å². The van der Waals surface area contributed by atoms with Crippen molar-refractivity contribution in [2.75, 3.05) is 5.32 Å². The molecule has 1 N–H and O–H groups in total. The first-order chi connectivity index (χ1) is 11.3. The first kappa shape index (κ1) is 13.3. The summed E-state index contributed by atoms with van der Waals surface area (Å²) in [6.07, 6.45) is 5.31. The van der Waals surface area contributed by atoms with E-state index >= 15 is 0 Å². The number of aromatic nitrogens is 2. The van der Waals surface area contributed by atoms with Crippen molar-refractivity contribution in [3.8, 4) is 5.69 Å². The molecule has 0 spiro atoms. The first-order valence-corrected chi connectivity index (χ1v) is 7.18. The highest BCUT2D eigenvalue weighted by atomic mass is 16.3. The van der Waals surface area contributed by atoms with Gasteiger partial charge in [-0.05, 0) is 36.4 Å². The molecule has 2 heterocycles. The summed E-state index contributed by atoms with van der Waals surface area (Å²) in [6.45, 7) is 0. The fraction of sp³-hybridized carbons (Fsp3) is 0. The molecule has 0 aliphatic carbocycles. The second kappa shape index (κ2) is 5.46. The molecule has 0 aliphatic rings. The fourth-order valence-corrected chi connectivity index (χ4v) is 2.42. The molecule has 0 radical (unpaired) electrons. The summed E-state index contributed by atoms with van der Waals surface area (Å²) >= 11 is 0. The van der Waals surface area contributed by atoms with E-state index in [0.29, 0.717) is 17.0 Å². The summed E-state index contributed by atoms with van der Waals surface area (Å²) in [5, 5.41) is 3.74. The minimum atomic E-state index is -0.267. The van der Waals surface area contributed by atoms with Crippen LogP contribution in [0.4, 0.5) is 5.69 Å². The number of benzene rings is 2. The molecule has 0 fully saturated rings. The van der Waals surface area contributed by atoms with Crippen molar-refractivity contribution >= 4 is 22.6 Å². The molecule has 4 rings (SSSR count). The highest BCUT2D eigenvalue weighted by Crippen LogP contribution is 2.20. The van der Waals surface area contributed by atoms with Gasteiger partial charge in [0.25, 0.3) is 5.91 Å². The Morgan fingerprint density at radius 3 is 2.65 bits per heavy atom. The number of rotatable bonds is 3. The van der Waals surface area contributed by atoms with Gasteiger partial charge in [-0.2, -0.15) is 0 Å². The Kier molecular flexibility index (Phi) is 3.16. The summed E-state index contributed by atoms with van der Waals surface area (Å²) in [4.78, 5) is 16.3. The monoisotopic (exact) mass is 303 g/mol. The Balaban J connectivity index is 1.54. The maximum Gasteiger partial charge on any atom is 0.291 e. The zero-order chi connectivity index (χ0) is 15.6. The zero-order valence-electron chi connectivity index (χ0n) is 12.1. The van der Waals surface area contributed by atoms with Crippen LogP contribution in [-0.4, -0.2) is 15.5 Å². The summed E-state index contributed by atoms with van der Waals surface area (Å²) in [7, 11) is 0. The van der Waals surface area contributed by atoms with Crippen molar-refractivity contribution in [2.24, 2.45) is 0 Å². The molecule has 0 saturated heterocycles. The van der Waals surface area contributed by atoms with Crippen molar-refractivity contribution in [2.45, 2.75) is 0 Å². The Bertz CT molecular complexity index is 921. The van der Waals surface area contributed by atoms with Gasteiger partial charge in [0.1, 0.15) is 5.58 Å². The van der Waals surface area contributed by atoms with Gasteiger partial charge < -0.3 is 14.3 Å². The third-order valence-electron chi connectivity index (χ3n) is 3.58. The average molecular weight is 303 g/mol. The van der Waals surface area contributed by atoms with Crippen molar-refractivity contribution < 1.29 is 9.21 Å². The predicted molar refractivity (Wildman–Crippen MR) is 87.7 cm³/mol. The molecule has 0 aliphatic heterocycles. The molecule has 4 aromatic rings. The van der Waals surface area contributed by atoms with Crippen LogP contribution < -0.4 is 5.32 Å². The van der Waals surface area contributed by atoms with Gasteiger partial charge in [0.05, 0.1) is 6.33 Å². The number of imidazole rings is 1. The fourth-order valence-electron chi connectivity index (χ4n) is 2.42. The summed E-state index contributed by atoms with van der Waals surface area (Å²) in [5.74, 6) is 0.0291.